The molecule has 4 heteroatoms. The highest BCUT2D eigenvalue weighted by Gasteiger charge is 2.08. The Labute approximate surface area is 80.9 Å². The first-order chi connectivity index (χ1) is 6.15. The molecule has 0 heterocycles. The topological polar surface area (TPSA) is 46.5 Å². The van der Waals surface area contributed by atoms with Crippen LogP contribution in [0.2, 0.25) is 5.02 Å². The highest BCUT2D eigenvalue weighted by atomic mass is 35.5. The van der Waals surface area contributed by atoms with E-state index in [9.17, 15) is 4.79 Å². The van der Waals surface area contributed by atoms with E-state index in [2.05, 4.69) is 0 Å². The highest BCUT2D eigenvalue weighted by molar-refractivity contribution is 6.33. The lowest BCUT2D eigenvalue weighted by molar-refractivity contribution is -0.136. The van der Waals surface area contributed by atoms with Crippen molar-refractivity contribution in [1.82, 2.24) is 0 Å². The maximum atomic E-state index is 10.4. The number of carbonyl (C=O) groups is 1. The zero-order valence-electron chi connectivity index (χ0n) is 7.08. The fourth-order valence-corrected chi connectivity index (χ4v) is 1.28. The molecule has 1 aromatic carbocycles. The van der Waals surface area contributed by atoms with Crippen LogP contribution in [0.4, 0.5) is 0 Å². The zero-order chi connectivity index (χ0) is 9.84. The van der Waals surface area contributed by atoms with Crippen LogP contribution in [0.15, 0.2) is 18.2 Å². The Hall–Kier alpha value is -1.22. The van der Waals surface area contributed by atoms with E-state index in [1.165, 1.54) is 7.11 Å². The minimum Gasteiger partial charge on any atom is -0.495 e. The number of hydrogen-bond donors (Lipinski definition) is 1. The highest BCUT2D eigenvalue weighted by Crippen LogP contribution is 2.27. The van der Waals surface area contributed by atoms with Crippen LogP contribution in [-0.2, 0) is 11.2 Å². The molecule has 0 atom stereocenters. The number of methoxy groups -OCH3 is 1. The van der Waals surface area contributed by atoms with Crippen LogP contribution in [-0.4, -0.2) is 18.2 Å². The summed E-state index contributed by atoms with van der Waals surface area (Å²) in [6, 6.07) is 5.07. The number of hydrogen-bond acceptors (Lipinski definition) is 2. The molecular weight excluding hydrogens is 192 g/mol. The first-order valence-electron chi connectivity index (χ1n) is 3.68. The van der Waals surface area contributed by atoms with Crippen LogP contribution in [0.1, 0.15) is 5.56 Å². The lowest BCUT2D eigenvalue weighted by Gasteiger charge is -2.05. The number of halogens is 1. The van der Waals surface area contributed by atoms with E-state index in [1.807, 2.05) is 0 Å². The van der Waals surface area contributed by atoms with Gasteiger partial charge >= 0.3 is 5.97 Å². The minimum atomic E-state index is -0.907. The molecular formula is C9H9ClO3. The molecule has 0 bridgehead atoms. The largest absolute Gasteiger partial charge is 0.495 e. The molecule has 0 aliphatic rings. The smallest absolute Gasteiger partial charge is 0.307 e. The summed E-state index contributed by atoms with van der Waals surface area (Å²) in [6.45, 7) is 0. The lowest BCUT2D eigenvalue weighted by atomic mass is 10.1. The Bertz CT molecular complexity index is 323. The number of carboxylic acids is 1. The van der Waals surface area contributed by atoms with Crippen LogP contribution in [0, 0.1) is 0 Å². The zero-order valence-corrected chi connectivity index (χ0v) is 7.84. The van der Waals surface area contributed by atoms with Gasteiger partial charge in [0.25, 0.3) is 0 Å². The Morgan fingerprint density at radius 2 is 2.31 bits per heavy atom. The first-order valence-corrected chi connectivity index (χ1v) is 4.06. The summed E-state index contributed by atoms with van der Waals surface area (Å²) in [5, 5.41) is 8.92. The predicted octanol–water partition coefficient (Wildman–Crippen LogP) is 1.98. The molecule has 0 aliphatic carbocycles. The second kappa shape index (κ2) is 4.14. The van der Waals surface area contributed by atoms with Gasteiger partial charge in [-0.25, -0.2) is 0 Å². The lowest BCUT2D eigenvalue weighted by Crippen LogP contribution is -2.01. The van der Waals surface area contributed by atoms with E-state index in [4.69, 9.17) is 21.4 Å². The molecule has 0 aliphatic heterocycles. The third kappa shape index (κ3) is 2.36. The molecule has 1 rings (SSSR count). The standard InChI is InChI=1S/C9H9ClO3/c1-13-7-4-2-3-6(9(7)10)5-8(11)12/h2-4H,5H2,1H3,(H,11,12). The van der Waals surface area contributed by atoms with Crippen molar-refractivity contribution in [2.45, 2.75) is 6.42 Å². The van der Waals surface area contributed by atoms with Crippen LogP contribution in [0.3, 0.4) is 0 Å². The Morgan fingerprint density at radius 3 is 2.85 bits per heavy atom. The van der Waals surface area contributed by atoms with Crippen molar-refractivity contribution in [3.63, 3.8) is 0 Å². The van der Waals surface area contributed by atoms with Crippen LogP contribution in [0.5, 0.6) is 5.75 Å². The molecule has 0 unspecified atom stereocenters. The van der Waals surface area contributed by atoms with Gasteiger partial charge in [-0.1, -0.05) is 23.7 Å². The molecule has 1 N–H and O–H groups in total. The van der Waals surface area contributed by atoms with Crippen molar-refractivity contribution in [3.8, 4) is 5.75 Å². The number of ether oxygens (including phenoxy) is 1. The summed E-state index contributed by atoms with van der Waals surface area (Å²) in [4.78, 5) is 10.4. The van der Waals surface area contributed by atoms with Gasteiger partial charge in [-0.05, 0) is 11.6 Å². The minimum absolute atomic E-state index is 0.0873. The summed E-state index contributed by atoms with van der Waals surface area (Å²) < 4.78 is 4.94. The second-order valence-corrected chi connectivity index (χ2v) is 2.88. The van der Waals surface area contributed by atoms with Gasteiger partial charge in [-0.3, -0.25) is 4.79 Å². The molecule has 1 aromatic rings. The van der Waals surface area contributed by atoms with Gasteiger partial charge in [0, 0.05) is 0 Å². The van der Waals surface area contributed by atoms with E-state index in [0.717, 1.165) is 0 Å². The summed E-state index contributed by atoms with van der Waals surface area (Å²) in [5.74, 6) is -0.407. The fourth-order valence-electron chi connectivity index (χ4n) is 1.01. The first kappa shape index (κ1) is 9.86. The van der Waals surface area contributed by atoms with Crippen molar-refractivity contribution in [3.05, 3.63) is 28.8 Å². The SMILES string of the molecule is COc1cccc(CC(=O)O)c1Cl. The summed E-state index contributed by atoms with van der Waals surface area (Å²) >= 11 is 5.86. The number of rotatable bonds is 3. The molecule has 0 saturated heterocycles. The molecule has 3 nitrogen and oxygen atoms in total. The van der Waals surface area contributed by atoms with Crippen molar-refractivity contribution in [1.29, 1.82) is 0 Å². The molecule has 13 heavy (non-hydrogen) atoms. The van der Waals surface area contributed by atoms with Crippen molar-refractivity contribution in [2.24, 2.45) is 0 Å². The Morgan fingerprint density at radius 1 is 1.62 bits per heavy atom. The van der Waals surface area contributed by atoms with Gasteiger partial charge in [-0.2, -0.15) is 0 Å². The molecule has 0 amide bonds. The van der Waals surface area contributed by atoms with E-state index in [1.54, 1.807) is 18.2 Å². The van der Waals surface area contributed by atoms with Crippen molar-refractivity contribution in [2.75, 3.05) is 7.11 Å². The molecule has 0 spiro atoms. The number of aliphatic carboxylic acids is 1. The van der Waals surface area contributed by atoms with Gasteiger partial charge in [-0.15, -0.1) is 0 Å². The maximum absolute atomic E-state index is 10.4. The molecule has 70 valence electrons. The fraction of sp³-hybridized carbons (Fsp3) is 0.222. The Kier molecular flexibility index (Phi) is 3.14. The van der Waals surface area contributed by atoms with Gasteiger partial charge in [0.1, 0.15) is 5.75 Å². The average molecular weight is 201 g/mol. The third-order valence-electron chi connectivity index (χ3n) is 1.60. The average Bonchev–Trinajstić information content (AvgIpc) is 2.08. The predicted molar refractivity (Wildman–Crippen MR) is 49.3 cm³/mol. The van der Waals surface area contributed by atoms with E-state index in [-0.39, 0.29) is 6.42 Å². The van der Waals surface area contributed by atoms with Crippen LogP contribution >= 0.6 is 11.6 Å². The second-order valence-electron chi connectivity index (χ2n) is 2.50. The molecule has 0 saturated carbocycles. The van der Waals surface area contributed by atoms with Crippen molar-refractivity contribution < 1.29 is 14.6 Å². The summed E-state index contributed by atoms with van der Waals surface area (Å²) in [6.07, 6.45) is -0.0873. The number of benzene rings is 1. The van der Waals surface area contributed by atoms with Crippen LogP contribution < -0.4 is 4.74 Å². The van der Waals surface area contributed by atoms with E-state index < -0.39 is 5.97 Å². The van der Waals surface area contributed by atoms with Gasteiger partial charge < -0.3 is 9.84 Å². The van der Waals surface area contributed by atoms with Crippen LogP contribution in [0.25, 0.3) is 0 Å². The van der Waals surface area contributed by atoms with Gasteiger partial charge in [0.15, 0.2) is 0 Å². The maximum Gasteiger partial charge on any atom is 0.307 e. The summed E-state index contributed by atoms with van der Waals surface area (Å²) in [7, 11) is 1.49. The normalized spacial score (nSPS) is 9.69. The Balaban J connectivity index is 3.01. The number of carboxylic acid groups (broad SMARTS) is 1. The monoisotopic (exact) mass is 200 g/mol. The van der Waals surface area contributed by atoms with Crippen molar-refractivity contribution >= 4 is 17.6 Å². The molecule has 0 radical (unpaired) electrons. The van der Waals surface area contributed by atoms with E-state index >= 15 is 0 Å². The third-order valence-corrected chi connectivity index (χ3v) is 2.03. The summed E-state index contributed by atoms with van der Waals surface area (Å²) in [5.41, 5.74) is 0.563. The van der Waals surface area contributed by atoms with E-state index in [0.29, 0.717) is 16.3 Å². The quantitative estimate of drug-likeness (QED) is 0.812. The van der Waals surface area contributed by atoms with Gasteiger partial charge in [0.2, 0.25) is 0 Å². The molecule has 0 fully saturated rings. The molecule has 0 aromatic heterocycles. The van der Waals surface area contributed by atoms with Gasteiger partial charge in [0.05, 0.1) is 18.6 Å².